The molecule has 0 N–H and O–H groups in total. The maximum Gasteiger partial charge on any atom is 0.288 e. The highest BCUT2D eigenvalue weighted by molar-refractivity contribution is 7.99. The van der Waals surface area contributed by atoms with Crippen LogP contribution in [0.3, 0.4) is 0 Å². The molecule has 0 saturated heterocycles. The summed E-state index contributed by atoms with van der Waals surface area (Å²) < 4.78 is 30.1. The van der Waals surface area contributed by atoms with E-state index in [1.165, 1.54) is 12.1 Å². The number of hydrogen-bond donors (Lipinski definition) is 0. The van der Waals surface area contributed by atoms with Crippen LogP contribution in [0.15, 0.2) is 69.1 Å². The molecule has 0 amide bonds. The van der Waals surface area contributed by atoms with Crippen LogP contribution in [-0.2, 0) is 6.42 Å². The smallest absolute Gasteiger partial charge is 0.288 e. The van der Waals surface area contributed by atoms with Crippen LogP contribution in [-0.4, -0.2) is 27.5 Å². The Bertz CT molecular complexity index is 855. The molecule has 0 aliphatic rings. The number of rotatable bonds is 8. The minimum atomic E-state index is -2.48. The van der Waals surface area contributed by atoms with E-state index in [2.05, 4.69) is 10.2 Å². The number of nitrogens with zero attached hydrogens (tertiary/aromatic N) is 2. The third-order valence-electron chi connectivity index (χ3n) is 3.37. The van der Waals surface area contributed by atoms with Crippen LogP contribution in [0, 0.1) is 0 Å². The largest absolute Gasteiger partial charge is 0.416 e. The lowest BCUT2D eigenvalue weighted by Crippen LogP contribution is -2.02. The van der Waals surface area contributed by atoms with Gasteiger partial charge < -0.3 is 4.42 Å². The van der Waals surface area contributed by atoms with Crippen molar-refractivity contribution in [3.63, 3.8) is 0 Å². The zero-order chi connectivity index (χ0) is 18.4. The van der Waals surface area contributed by atoms with Crippen molar-refractivity contribution in [2.24, 2.45) is 0 Å². The molecule has 3 rings (SSSR count). The molecule has 2 aromatic carbocycles. The van der Waals surface area contributed by atoms with Crippen LogP contribution in [0.25, 0.3) is 0 Å². The highest BCUT2D eigenvalue weighted by Crippen LogP contribution is 2.26. The SMILES string of the molecule is O=C(CSc1nnc(Cc2ccccc2)o1)c1ccc(SC(F)F)cc1. The number of Topliss-reactive ketones (excluding diaryl/α,β-unsaturated/α-hetero) is 1. The van der Waals surface area contributed by atoms with Crippen molar-refractivity contribution in [1.82, 2.24) is 10.2 Å². The minimum Gasteiger partial charge on any atom is -0.416 e. The van der Waals surface area contributed by atoms with Gasteiger partial charge in [0.05, 0.1) is 12.2 Å². The molecule has 1 aromatic heterocycles. The van der Waals surface area contributed by atoms with Crippen molar-refractivity contribution in [3.8, 4) is 0 Å². The Morgan fingerprint density at radius 1 is 1.04 bits per heavy atom. The zero-order valence-electron chi connectivity index (χ0n) is 13.5. The molecule has 1 heterocycles. The summed E-state index contributed by atoms with van der Waals surface area (Å²) in [5.74, 6) is -1.99. The van der Waals surface area contributed by atoms with E-state index in [9.17, 15) is 13.6 Å². The maximum atomic E-state index is 12.3. The molecule has 3 aromatic rings. The van der Waals surface area contributed by atoms with E-state index >= 15 is 0 Å². The Kier molecular flexibility index (Phi) is 6.40. The zero-order valence-corrected chi connectivity index (χ0v) is 15.1. The Labute approximate surface area is 157 Å². The van der Waals surface area contributed by atoms with Crippen molar-refractivity contribution in [2.45, 2.75) is 22.3 Å². The van der Waals surface area contributed by atoms with Crippen molar-refractivity contribution in [1.29, 1.82) is 0 Å². The molecule has 0 aliphatic heterocycles. The molecule has 0 atom stereocenters. The molecule has 0 radical (unpaired) electrons. The highest BCUT2D eigenvalue weighted by atomic mass is 32.2. The topological polar surface area (TPSA) is 56.0 Å². The number of aromatic nitrogens is 2. The number of ketones is 1. The Morgan fingerprint density at radius 2 is 1.77 bits per heavy atom. The molecule has 134 valence electrons. The molecule has 0 saturated carbocycles. The van der Waals surface area contributed by atoms with Crippen LogP contribution in [0.1, 0.15) is 21.8 Å². The van der Waals surface area contributed by atoms with E-state index < -0.39 is 5.76 Å². The number of thioether (sulfide) groups is 2. The van der Waals surface area contributed by atoms with Crippen LogP contribution in [0.5, 0.6) is 0 Å². The second-order valence-corrected chi connectivity index (χ2v) is 7.23. The summed E-state index contributed by atoms with van der Waals surface area (Å²) in [7, 11) is 0. The molecule has 0 spiro atoms. The van der Waals surface area contributed by atoms with Gasteiger partial charge in [-0.2, -0.15) is 8.78 Å². The Balaban J connectivity index is 1.53. The summed E-state index contributed by atoms with van der Waals surface area (Å²) in [6, 6.07) is 15.9. The number of hydrogen-bond acceptors (Lipinski definition) is 6. The Hall–Kier alpha value is -2.19. The van der Waals surface area contributed by atoms with Gasteiger partial charge in [0.15, 0.2) is 5.78 Å². The first kappa shape index (κ1) is 18.6. The normalized spacial score (nSPS) is 11.0. The summed E-state index contributed by atoms with van der Waals surface area (Å²) in [4.78, 5) is 12.6. The van der Waals surface area contributed by atoms with E-state index in [1.54, 1.807) is 12.1 Å². The molecular weight excluding hydrogens is 378 g/mol. The van der Waals surface area contributed by atoms with Crippen LogP contribution < -0.4 is 0 Å². The standard InChI is InChI=1S/C18H14F2N2O2S2/c19-17(20)26-14-8-6-13(7-9-14)15(23)11-25-18-22-21-16(24-18)10-12-4-2-1-3-5-12/h1-9,17H,10-11H2. The minimum absolute atomic E-state index is 0.133. The van der Waals surface area contributed by atoms with Crippen molar-refractivity contribution >= 4 is 29.3 Å². The number of carbonyl (C=O) groups is 1. The number of halogens is 2. The van der Waals surface area contributed by atoms with Gasteiger partial charge in [0.1, 0.15) is 0 Å². The van der Waals surface area contributed by atoms with Gasteiger partial charge in [-0.3, -0.25) is 4.79 Å². The lowest BCUT2D eigenvalue weighted by molar-refractivity contribution is 0.102. The fourth-order valence-electron chi connectivity index (χ4n) is 2.17. The predicted octanol–water partition coefficient (Wildman–Crippen LogP) is 4.95. The van der Waals surface area contributed by atoms with E-state index in [0.29, 0.717) is 39.8 Å². The molecule has 0 bridgehead atoms. The third kappa shape index (κ3) is 5.40. The van der Waals surface area contributed by atoms with Gasteiger partial charge in [-0.15, -0.1) is 10.2 Å². The van der Waals surface area contributed by atoms with Gasteiger partial charge >= 0.3 is 0 Å². The first-order valence-electron chi connectivity index (χ1n) is 7.67. The lowest BCUT2D eigenvalue weighted by Gasteiger charge is -2.02. The fourth-order valence-corrected chi connectivity index (χ4v) is 3.35. The average Bonchev–Trinajstić information content (AvgIpc) is 3.08. The summed E-state index contributed by atoms with van der Waals surface area (Å²) in [6.07, 6.45) is 0.533. The van der Waals surface area contributed by atoms with E-state index in [1.807, 2.05) is 30.3 Å². The number of alkyl halides is 2. The molecule has 26 heavy (non-hydrogen) atoms. The van der Waals surface area contributed by atoms with Gasteiger partial charge in [-0.25, -0.2) is 0 Å². The van der Waals surface area contributed by atoms with Gasteiger partial charge in [-0.1, -0.05) is 66.0 Å². The quantitative estimate of drug-likeness (QED) is 0.399. The predicted molar refractivity (Wildman–Crippen MR) is 96.9 cm³/mol. The number of benzene rings is 2. The molecule has 0 fully saturated rings. The van der Waals surface area contributed by atoms with Gasteiger partial charge in [0.25, 0.3) is 11.0 Å². The van der Waals surface area contributed by atoms with Crippen LogP contribution in [0.4, 0.5) is 8.78 Å². The first-order valence-corrected chi connectivity index (χ1v) is 9.54. The molecule has 4 nitrogen and oxygen atoms in total. The van der Waals surface area contributed by atoms with Gasteiger partial charge in [-0.05, 0) is 17.7 Å². The lowest BCUT2D eigenvalue weighted by atomic mass is 10.1. The summed E-state index contributed by atoms with van der Waals surface area (Å²) in [6.45, 7) is 0. The van der Waals surface area contributed by atoms with Gasteiger partial charge in [0.2, 0.25) is 5.89 Å². The summed E-state index contributed by atoms with van der Waals surface area (Å²) >= 11 is 1.60. The first-order chi connectivity index (χ1) is 12.6. The third-order valence-corrected chi connectivity index (χ3v) is 4.92. The van der Waals surface area contributed by atoms with Crippen molar-refractivity contribution < 1.29 is 18.0 Å². The highest BCUT2D eigenvalue weighted by Gasteiger charge is 2.12. The number of carbonyl (C=O) groups excluding carboxylic acids is 1. The van der Waals surface area contributed by atoms with Crippen LogP contribution in [0.2, 0.25) is 0 Å². The molecule has 0 aliphatic carbocycles. The van der Waals surface area contributed by atoms with Gasteiger partial charge in [0, 0.05) is 10.5 Å². The Morgan fingerprint density at radius 3 is 2.46 bits per heavy atom. The van der Waals surface area contributed by atoms with E-state index in [-0.39, 0.29) is 11.5 Å². The van der Waals surface area contributed by atoms with Crippen molar-refractivity contribution in [3.05, 3.63) is 71.6 Å². The van der Waals surface area contributed by atoms with E-state index in [4.69, 9.17) is 4.42 Å². The van der Waals surface area contributed by atoms with Crippen molar-refractivity contribution in [2.75, 3.05) is 5.75 Å². The van der Waals surface area contributed by atoms with Crippen LogP contribution >= 0.6 is 23.5 Å². The summed E-state index contributed by atoms with van der Waals surface area (Å²) in [5, 5.41) is 8.24. The fraction of sp³-hybridized carbons (Fsp3) is 0.167. The molecular formula is C18H14F2N2O2S2. The molecule has 8 heteroatoms. The average molecular weight is 392 g/mol. The molecule has 0 unspecified atom stereocenters. The summed E-state index contributed by atoms with van der Waals surface area (Å²) in [5.41, 5.74) is 1.52. The second-order valence-electron chi connectivity index (χ2n) is 5.24. The second kappa shape index (κ2) is 8.95. The maximum absolute atomic E-state index is 12.3. The monoisotopic (exact) mass is 392 g/mol. The van der Waals surface area contributed by atoms with E-state index in [0.717, 1.165) is 17.3 Å².